The predicted octanol–water partition coefficient (Wildman–Crippen LogP) is 3.88. The molecule has 184 valence electrons. The van der Waals surface area contributed by atoms with E-state index in [1.165, 1.54) is 0 Å². The molecule has 0 amide bonds. The number of phenols is 1. The maximum absolute atomic E-state index is 13.1. The third kappa shape index (κ3) is 5.20. The molecule has 2 aromatic carbocycles. The number of para-hydroxylation sites is 1. The third-order valence-electron chi connectivity index (χ3n) is 6.00. The van der Waals surface area contributed by atoms with Crippen molar-refractivity contribution in [3.05, 3.63) is 64.5 Å². The molecule has 0 radical (unpaired) electrons. The number of benzene rings is 2. The van der Waals surface area contributed by atoms with Crippen molar-refractivity contribution in [2.45, 2.75) is 13.1 Å². The summed E-state index contributed by atoms with van der Waals surface area (Å²) < 4.78 is 6.06. The molecule has 5 rings (SSSR count). The maximum Gasteiger partial charge on any atom is 0.231 e. The number of hydrogen-bond acceptors (Lipinski definition) is 6. The SMILES string of the molecule is CNCc1cccc2c(C=C3Oc4c(ccc(O)c4CN4CCNCC4)C3=O)c[nH]c12.Cl.Cl.Cl. The molecular formula is C24H29Cl3N4O3. The van der Waals surface area contributed by atoms with Crippen LogP contribution in [0.15, 0.2) is 42.3 Å². The summed E-state index contributed by atoms with van der Waals surface area (Å²) in [5.74, 6) is 0.764. The maximum atomic E-state index is 13.1. The number of fused-ring (bicyclic) bond motifs is 2. The number of aromatic nitrogens is 1. The van der Waals surface area contributed by atoms with E-state index in [9.17, 15) is 9.90 Å². The Morgan fingerprint density at radius 3 is 2.65 bits per heavy atom. The van der Waals surface area contributed by atoms with Crippen molar-refractivity contribution < 1.29 is 14.6 Å². The lowest BCUT2D eigenvalue weighted by Crippen LogP contribution is -2.42. The molecule has 0 unspecified atom stereocenters. The van der Waals surface area contributed by atoms with E-state index >= 15 is 0 Å². The highest BCUT2D eigenvalue weighted by atomic mass is 35.5. The van der Waals surface area contributed by atoms with Crippen molar-refractivity contribution in [2.75, 3.05) is 33.2 Å². The number of ether oxygens (including phenoxy) is 1. The minimum Gasteiger partial charge on any atom is -0.507 e. The van der Waals surface area contributed by atoms with Crippen molar-refractivity contribution >= 4 is 60.0 Å². The number of phenolic OH excluding ortho intramolecular Hbond substituents is 1. The van der Waals surface area contributed by atoms with E-state index in [1.807, 2.05) is 25.4 Å². The molecule has 3 heterocycles. The Hall–Kier alpha value is -2.26. The summed E-state index contributed by atoms with van der Waals surface area (Å²) in [4.78, 5) is 18.6. The van der Waals surface area contributed by atoms with Gasteiger partial charge in [-0.2, -0.15) is 0 Å². The lowest BCUT2D eigenvalue weighted by Gasteiger charge is -2.27. The number of aromatic amines is 1. The highest BCUT2D eigenvalue weighted by molar-refractivity contribution is 6.15. The number of ketones is 1. The average molecular weight is 528 g/mol. The molecule has 4 N–H and O–H groups in total. The van der Waals surface area contributed by atoms with E-state index < -0.39 is 0 Å². The smallest absolute Gasteiger partial charge is 0.231 e. The van der Waals surface area contributed by atoms with Crippen molar-refractivity contribution in [1.82, 2.24) is 20.5 Å². The molecule has 0 aliphatic carbocycles. The molecule has 1 aromatic heterocycles. The van der Waals surface area contributed by atoms with Gasteiger partial charge in [-0.3, -0.25) is 9.69 Å². The number of hydrogen-bond donors (Lipinski definition) is 4. The van der Waals surface area contributed by atoms with Gasteiger partial charge in [0, 0.05) is 56.4 Å². The number of halogens is 3. The van der Waals surface area contributed by atoms with Gasteiger partial charge in [0.25, 0.3) is 0 Å². The van der Waals surface area contributed by atoms with Crippen molar-refractivity contribution in [3.63, 3.8) is 0 Å². The number of nitrogens with zero attached hydrogens (tertiary/aromatic N) is 1. The summed E-state index contributed by atoms with van der Waals surface area (Å²) in [7, 11) is 1.92. The Labute approximate surface area is 217 Å². The molecular weight excluding hydrogens is 499 g/mol. The summed E-state index contributed by atoms with van der Waals surface area (Å²) in [6.45, 7) is 4.92. The van der Waals surface area contributed by atoms with Crippen LogP contribution in [0.1, 0.15) is 27.0 Å². The van der Waals surface area contributed by atoms with E-state index in [-0.39, 0.29) is 54.5 Å². The second kappa shape index (κ2) is 11.9. The van der Waals surface area contributed by atoms with Crippen LogP contribution in [0.3, 0.4) is 0 Å². The zero-order valence-corrected chi connectivity index (χ0v) is 21.2. The van der Waals surface area contributed by atoms with Gasteiger partial charge >= 0.3 is 0 Å². The van der Waals surface area contributed by atoms with Crippen LogP contribution in [0.4, 0.5) is 0 Å². The quantitative estimate of drug-likeness (QED) is 0.377. The van der Waals surface area contributed by atoms with E-state index in [1.54, 1.807) is 18.2 Å². The first-order valence-electron chi connectivity index (χ1n) is 10.6. The van der Waals surface area contributed by atoms with Crippen LogP contribution in [-0.2, 0) is 13.1 Å². The Morgan fingerprint density at radius 2 is 1.91 bits per heavy atom. The van der Waals surface area contributed by atoms with Gasteiger partial charge in [-0.15, -0.1) is 37.2 Å². The minimum atomic E-state index is -0.155. The number of piperazine rings is 1. The molecule has 1 fully saturated rings. The van der Waals surface area contributed by atoms with E-state index in [0.717, 1.165) is 54.8 Å². The zero-order valence-electron chi connectivity index (χ0n) is 18.7. The van der Waals surface area contributed by atoms with Crippen LogP contribution in [0.25, 0.3) is 17.0 Å². The number of rotatable bonds is 5. The summed E-state index contributed by atoms with van der Waals surface area (Å²) in [6.07, 6.45) is 3.69. The Morgan fingerprint density at radius 1 is 1.15 bits per heavy atom. The number of carbonyl (C=O) groups excluding carboxylic acids is 1. The Balaban J connectivity index is 0.00000136. The van der Waals surface area contributed by atoms with Gasteiger partial charge in [0.05, 0.1) is 16.6 Å². The topological polar surface area (TPSA) is 89.6 Å². The van der Waals surface area contributed by atoms with Crippen LogP contribution in [0, 0.1) is 0 Å². The monoisotopic (exact) mass is 526 g/mol. The summed E-state index contributed by atoms with van der Waals surface area (Å²) in [6, 6.07) is 9.36. The van der Waals surface area contributed by atoms with Gasteiger partial charge in [-0.05, 0) is 30.8 Å². The molecule has 1 saturated heterocycles. The van der Waals surface area contributed by atoms with Crippen molar-refractivity contribution in [2.24, 2.45) is 0 Å². The van der Waals surface area contributed by atoms with Crippen LogP contribution in [0.5, 0.6) is 11.5 Å². The summed E-state index contributed by atoms with van der Waals surface area (Å²) >= 11 is 0. The second-order valence-corrected chi connectivity index (χ2v) is 8.02. The fourth-order valence-electron chi connectivity index (χ4n) is 4.38. The molecule has 0 spiro atoms. The molecule has 3 aromatic rings. The molecule has 7 nitrogen and oxygen atoms in total. The van der Waals surface area contributed by atoms with Gasteiger partial charge in [0.15, 0.2) is 5.76 Å². The minimum absolute atomic E-state index is 0. The van der Waals surface area contributed by atoms with Gasteiger partial charge < -0.3 is 25.5 Å². The molecule has 0 saturated carbocycles. The first-order valence-corrected chi connectivity index (χ1v) is 10.6. The second-order valence-electron chi connectivity index (χ2n) is 8.02. The Kier molecular flexibility index (Phi) is 9.82. The largest absolute Gasteiger partial charge is 0.507 e. The molecule has 2 aliphatic heterocycles. The summed E-state index contributed by atoms with van der Waals surface area (Å²) in [5, 5.41) is 18.0. The lowest BCUT2D eigenvalue weighted by molar-refractivity contribution is 0.101. The van der Waals surface area contributed by atoms with Crippen LogP contribution in [-0.4, -0.2) is 54.0 Å². The Bertz CT molecular complexity index is 1190. The van der Waals surface area contributed by atoms with Gasteiger partial charge in [0.1, 0.15) is 11.5 Å². The standard InChI is InChI=1S/C24H26N4O3.3ClH/c1-25-12-15-3-2-4-17-16(13-27-22(15)17)11-21-23(30)18-5-6-20(29)19(24(18)31-21)14-28-9-7-26-8-10-28;;;/h2-6,11,13,25-27,29H,7-10,12,14H2,1H3;3*1H. The number of H-pyrrole nitrogens is 1. The third-order valence-corrected chi connectivity index (χ3v) is 6.00. The van der Waals surface area contributed by atoms with Crippen LogP contribution in [0.2, 0.25) is 0 Å². The number of aromatic hydroxyl groups is 1. The normalized spacial score (nSPS) is 16.4. The average Bonchev–Trinajstić information content (AvgIpc) is 3.34. The zero-order chi connectivity index (χ0) is 21.4. The fraction of sp³-hybridized carbons (Fsp3) is 0.292. The van der Waals surface area contributed by atoms with Crippen LogP contribution < -0.4 is 15.4 Å². The highest BCUT2D eigenvalue weighted by Gasteiger charge is 2.32. The number of nitrogens with one attached hydrogen (secondary N) is 3. The van der Waals surface area contributed by atoms with Crippen molar-refractivity contribution in [1.29, 1.82) is 0 Å². The summed E-state index contributed by atoms with van der Waals surface area (Å²) in [5.41, 5.74) is 4.28. The number of Topliss-reactive ketones (excluding diaryl/α,β-unsaturated/α-hetero) is 1. The molecule has 0 atom stereocenters. The lowest BCUT2D eigenvalue weighted by atomic mass is 10.0. The number of allylic oxidation sites excluding steroid dienone is 1. The van der Waals surface area contributed by atoms with E-state index in [4.69, 9.17) is 4.74 Å². The number of carbonyl (C=O) groups is 1. The first kappa shape index (κ1) is 28.0. The molecule has 10 heteroatoms. The van der Waals surface area contributed by atoms with Gasteiger partial charge in [-0.1, -0.05) is 18.2 Å². The van der Waals surface area contributed by atoms with Crippen molar-refractivity contribution in [3.8, 4) is 11.5 Å². The van der Waals surface area contributed by atoms with E-state index in [0.29, 0.717) is 23.4 Å². The van der Waals surface area contributed by atoms with Gasteiger partial charge in [-0.25, -0.2) is 0 Å². The highest BCUT2D eigenvalue weighted by Crippen LogP contribution is 2.40. The predicted molar refractivity (Wildman–Crippen MR) is 142 cm³/mol. The molecule has 0 bridgehead atoms. The first-order chi connectivity index (χ1) is 15.2. The fourth-order valence-corrected chi connectivity index (χ4v) is 4.38. The molecule has 2 aliphatic rings. The van der Waals surface area contributed by atoms with Gasteiger partial charge in [0.2, 0.25) is 5.78 Å². The van der Waals surface area contributed by atoms with E-state index in [2.05, 4.69) is 26.6 Å². The molecule has 34 heavy (non-hydrogen) atoms. The van der Waals surface area contributed by atoms with Crippen LogP contribution >= 0.6 is 37.2 Å².